The molecule has 104 valence electrons. The number of thioether (sulfide) groups is 1. The van der Waals surface area contributed by atoms with E-state index in [1.54, 1.807) is 0 Å². The maximum atomic E-state index is 12.9. The summed E-state index contributed by atoms with van der Waals surface area (Å²) in [4.78, 5) is 27.6. The van der Waals surface area contributed by atoms with Crippen LogP contribution in [-0.4, -0.2) is 40.2 Å². The van der Waals surface area contributed by atoms with Gasteiger partial charge in [-0.2, -0.15) is 0 Å². The SMILES string of the molecule is NCC(F)(F)CNC(=O)c1cnc2n(c1=O)CCS2. The molecule has 0 saturated heterocycles. The molecule has 0 aromatic carbocycles. The van der Waals surface area contributed by atoms with Crippen molar-refractivity contribution in [2.75, 3.05) is 18.8 Å². The van der Waals surface area contributed by atoms with Gasteiger partial charge in [0.15, 0.2) is 5.16 Å². The van der Waals surface area contributed by atoms with Crippen molar-refractivity contribution < 1.29 is 13.6 Å². The molecule has 2 heterocycles. The first kappa shape index (κ1) is 13.9. The van der Waals surface area contributed by atoms with Gasteiger partial charge in [-0.15, -0.1) is 0 Å². The maximum absolute atomic E-state index is 12.9. The average molecular weight is 290 g/mol. The minimum Gasteiger partial charge on any atom is -0.346 e. The molecule has 1 aliphatic rings. The van der Waals surface area contributed by atoms with Gasteiger partial charge in [-0.1, -0.05) is 11.8 Å². The monoisotopic (exact) mass is 290 g/mol. The lowest BCUT2D eigenvalue weighted by atomic mass is 10.3. The van der Waals surface area contributed by atoms with E-state index in [2.05, 4.69) is 4.98 Å². The molecular formula is C10H12F2N4O2S. The quantitative estimate of drug-likeness (QED) is 0.741. The summed E-state index contributed by atoms with van der Waals surface area (Å²) < 4.78 is 27.2. The average Bonchev–Trinajstić information content (AvgIpc) is 2.86. The Morgan fingerprint density at radius 1 is 1.63 bits per heavy atom. The van der Waals surface area contributed by atoms with Crippen molar-refractivity contribution >= 4 is 17.7 Å². The number of aromatic nitrogens is 2. The van der Waals surface area contributed by atoms with Crippen molar-refractivity contribution in [1.29, 1.82) is 0 Å². The number of rotatable bonds is 4. The number of halogens is 2. The predicted molar refractivity (Wildman–Crippen MR) is 65.6 cm³/mol. The highest BCUT2D eigenvalue weighted by molar-refractivity contribution is 7.99. The molecule has 19 heavy (non-hydrogen) atoms. The second kappa shape index (κ2) is 5.25. The number of carbonyl (C=O) groups is 1. The van der Waals surface area contributed by atoms with Crippen molar-refractivity contribution in [3.63, 3.8) is 0 Å². The zero-order chi connectivity index (χ0) is 14.0. The van der Waals surface area contributed by atoms with Crippen LogP contribution >= 0.6 is 11.8 Å². The number of nitrogens with one attached hydrogen (secondary N) is 1. The highest BCUT2D eigenvalue weighted by Gasteiger charge is 2.28. The van der Waals surface area contributed by atoms with Gasteiger partial charge in [0.2, 0.25) is 0 Å². The van der Waals surface area contributed by atoms with Gasteiger partial charge in [0, 0.05) is 18.5 Å². The van der Waals surface area contributed by atoms with E-state index in [4.69, 9.17) is 5.73 Å². The number of fused-ring (bicyclic) bond motifs is 1. The smallest absolute Gasteiger partial charge is 0.277 e. The summed E-state index contributed by atoms with van der Waals surface area (Å²) in [5, 5.41) is 2.53. The maximum Gasteiger partial charge on any atom is 0.277 e. The van der Waals surface area contributed by atoms with E-state index in [-0.39, 0.29) is 5.56 Å². The van der Waals surface area contributed by atoms with E-state index >= 15 is 0 Å². The molecule has 1 aliphatic heterocycles. The van der Waals surface area contributed by atoms with Crippen LogP contribution < -0.4 is 16.6 Å². The number of hydrogen-bond acceptors (Lipinski definition) is 5. The molecule has 0 saturated carbocycles. The molecule has 0 aliphatic carbocycles. The Labute approximate surface area is 111 Å². The fourth-order valence-corrected chi connectivity index (χ4v) is 2.46. The summed E-state index contributed by atoms with van der Waals surface area (Å²) in [5.41, 5.74) is 4.11. The van der Waals surface area contributed by atoms with Crippen LogP contribution in [0.1, 0.15) is 10.4 Å². The van der Waals surface area contributed by atoms with Crippen molar-refractivity contribution in [2.24, 2.45) is 5.73 Å². The normalized spacial score (nSPS) is 14.3. The third-order valence-electron chi connectivity index (χ3n) is 2.61. The molecule has 1 amide bonds. The van der Waals surface area contributed by atoms with Gasteiger partial charge in [0.05, 0.1) is 13.1 Å². The van der Waals surface area contributed by atoms with Gasteiger partial charge in [-0.3, -0.25) is 14.2 Å². The Bertz CT molecular complexity index is 561. The third-order valence-corrected chi connectivity index (χ3v) is 3.58. The Morgan fingerprint density at radius 3 is 3.05 bits per heavy atom. The van der Waals surface area contributed by atoms with E-state index in [1.807, 2.05) is 5.32 Å². The number of hydrogen-bond donors (Lipinski definition) is 2. The second-order valence-corrected chi connectivity index (χ2v) is 5.06. The van der Waals surface area contributed by atoms with Gasteiger partial charge in [-0.05, 0) is 0 Å². The molecule has 1 aromatic heterocycles. The Morgan fingerprint density at radius 2 is 2.37 bits per heavy atom. The summed E-state index contributed by atoms with van der Waals surface area (Å²) in [6, 6.07) is 0. The first-order valence-corrected chi connectivity index (χ1v) is 6.52. The zero-order valence-corrected chi connectivity index (χ0v) is 10.7. The Balaban J connectivity index is 2.15. The first-order chi connectivity index (χ1) is 8.94. The van der Waals surface area contributed by atoms with Crippen molar-refractivity contribution in [3.8, 4) is 0 Å². The van der Waals surface area contributed by atoms with Crippen LogP contribution in [0.15, 0.2) is 16.1 Å². The van der Waals surface area contributed by atoms with Crippen LogP contribution in [0.25, 0.3) is 0 Å². The summed E-state index contributed by atoms with van der Waals surface area (Å²) in [5.74, 6) is -3.34. The summed E-state index contributed by atoms with van der Waals surface area (Å²) in [7, 11) is 0. The lowest BCUT2D eigenvalue weighted by molar-refractivity contribution is 0.0118. The van der Waals surface area contributed by atoms with Crippen molar-refractivity contribution in [3.05, 3.63) is 22.1 Å². The van der Waals surface area contributed by atoms with E-state index in [0.29, 0.717) is 17.5 Å². The molecule has 0 unspecified atom stereocenters. The molecule has 9 heteroatoms. The molecule has 3 N–H and O–H groups in total. The molecule has 0 radical (unpaired) electrons. The number of carbonyl (C=O) groups excluding carboxylic acids is 1. The lowest BCUT2D eigenvalue weighted by Crippen LogP contribution is -2.43. The molecule has 1 aromatic rings. The highest BCUT2D eigenvalue weighted by atomic mass is 32.2. The van der Waals surface area contributed by atoms with Gasteiger partial charge in [0.25, 0.3) is 17.4 Å². The second-order valence-electron chi connectivity index (χ2n) is 4.00. The fraction of sp³-hybridized carbons (Fsp3) is 0.500. The van der Waals surface area contributed by atoms with E-state index < -0.39 is 30.5 Å². The summed E-state index contributed by atoms with van der Waals surface area (Å²) in [6.07, 6.45) is 1.11. The zero-order valence-electron chi connectivity index (χ0n) is 9.86. The number of alkyl halides is 2. The van der Waals surface area contributed by atoms with Crippen LogP contribution in [0.3, 0.4) is 0 Å². The van der Waals surface area contributed by atoms with Crippen LogP contribution in [0.2, 0.25) is 0 Å². The lowest BCUT2D eigenvalue weighted by Gasteiger charge is -2.14. The summed E-state index contributed by atoms with van der Waals surface area (Å²) in [6.45, 7) is -1.31. The van der Waals surface area contributed by atoms with E-state index in [1.165, 1.54) is 16.3 Å². The van der Waals surface area contributed by atoms with Crippen molar-refractivity contribution in [2.45, 2.75) is 17.6 Å². The van der Waals surface area contributed by atoms with Gasteiger partial charge in [-0.25, -0.2) is 13.8 Å². The standard InChI is InChI=1S/C10H12F2N4O2S/c11-10(12,4-13)5-15-7(17)6-3-14-9-16(8(6)18)1-2-19-9/h3H,1-2,4-5,13H2,(H,15,17). The summed E-state index contributed by atoms with van der Waals surface area (Å²) >= 11 is 1.41. The Kier molecular flexibility index (Phi) is 3.85. The molecule has 0 spiro atoms. The minimum atomic E-state index is -3.19. The number of nitrogens with zero attached hydrogens (tertiary/aromatic N) is 2. The highest BCUT2D eigenvalue weighted by Crippen LogP contribution is 2.20. The molecular weight excluding hydrogens is 278 g/mol. The fourth-order valence-electron chi connectivity index (χ4n) is 1.55. The molecule has 0 fully saturated rings. The predicted octanol–water partition coefficient (Wildman–Crippen LogP) is -0.327. The van der Waals surface area contributed by atoms with Gasteiger partial charge < -0.3 is 11.1 Å². The van der Waals surface area contributed by atoms with Crippen LogP contribution in [0, 0.1) is 0 Å². The van der Waals surface area contributed by atoms with E-state index in [0.717, 1.165) is 6.20 Å². The molecule has 6 nitrogen and oxygen atoms in total. The third kappa shape index (κ3) is 2.92. The first-order valence-electron chi connectivity index (χ1n) is 5.53. The molecule has 0 atom stereocenters. The largest absolute Gasteiger partial charge is 0.346 e. The van der Waals surface area contributed by atoms with Crippen LogP contribution in [-0.2, 0) is 6.54 Å². The number of amides is 1. The molecule has 0 bridgehead atoms. The minimum absolute atomic E-state index is 0.237. The van der Waals surface area contributed by atoms with Gasteiger partial charge in [0.1, 0.15) is 5.56 Å². The Hall–Kier alpha value is -1.48. The van der Waals surface area contributed by atoms with Crippen LogP contribution in [0.5, 0.6) is 0 Å². The number of nitrogens with two attached hydrogens (primary N) is 1. The molecule has 2 rings (SSSR count). The van der Waals surface area contributed by atoms with E-state index in [9.17, 15) is 18.4 Å². The van der Waals surface area contributed by atoms with Crippen molar-refractivity contribution in [1.82, 2.24) is 14.9 Å². The topological polar surface area (TPSA) is 90.0 Å². The van der Waals surface area contributed by atoms with Gasteiger partial charge >= 0.3 is 0 Å². The van der Waals surface area contributed by atoms with Crippen LogP contribution in [0.4, 0.5) is 8.78 Å².